The molecular weight excluding hydrogens is 263 g/mol. The van der Waals surface area contributed by atoms with Gasteiger partial charge < -0.3 is 0 Å². The van der Waals surface area contributed by atoms with Crippen LogP contribution < -0.4 is 0 Å². The zero-order chi connectivity index (χ0) is 13.8. The number of Topliss-reactive ketones (excluding diaryl/α,β-unsaturated/α-hetero) is 1. The number of hydrogen-bond donors (Lipinski definition) is 0. The van der Waals surface area contributed by atoms with E-state index in [1.807, 2.05) is 0 Å². The maximum absolute atomic E-state index is 13.3. The third kappa shape index (κ3) is 3.56. The van der Waals surface area contributed by atoms with E-state index >= 15 is 0 Å². The summed E-state index contributed by atoms with van der Waals surface area (Å²) in [6.07, 6.45) is 5.74. The summed E-state index contributed by atoms with van der Waals surface area (Å²) < 4.78 is 13.3. The minimum absolute atomic E-state index is 0.0960. The van der Waals surface area contributed by atoms with E-state index in [1.54, 1.807) is 12.1 Å². The Kier molecular flexibility index (Phi) is 4.98. The molecule has 0 amide bonds. The lowest BCUT2D eigenvalue weighted by Gasteiger charge is -2.27. The van der Waals surface area contributed by atoms with Crippen molar-refractivity contribution >= 4 is 17.4 Å². The van der Waals surface area contributed by atoms with Gasteiger partial charge in [-0.1, -0.05) is 49.9 Å². The van der Waals surface area contributed by atoms with E-state index in [-0.39, 0.29) is 23.1 Å². The number of halogens is 2. The van der Waals surface area contributed by atoms with Crippen molar-refractivity contribution in [2.75, 3.05) is 0 Å². The molecule has 1 aromatic rings. The molecule has 0 saturated heterocycles. The van der Waals surface area contributed by atoms with Gasteiger partial charge in [0.15, 0.2) is 0 Å². The standard InChI is InChI=1S/C16H20ClFO/c1-2-11-5-3-6-12(9-11)15(19)10-13-7-4-8-14(18)16(13)17/h4,7-8,11-12H,2-3,5-6,9-10H2,1H3. The Hall–Kier alpha value is -0.890. The van der Waals surface area contributed by atoms with Gasteiger partial charge in [0.1, 0.15) is 11.6 Å². The third-order valence-electron chi connectivity index (χ3n) is 4.21. The molecule has 2 atom stereocenters. The van der Waals surface area contributed by atoms with E-state index in [2.05, 4.69) is 6.92 Å². The Labute approximate surface area is 119 Å². The lowest BCUT2D eigenvalue weighted by atomic mass is 9.77. The van der Waals surface area contributed by atoms with Crippen LogP contribution in [0.1, 0.15) is 44.6 Å². The van der Waals surface area contributed by atoms with Crippen molar-refractivity contribution in [3.63, 3.8) is 0 Å². The molecule has 0 bridgehead atoms. The average Bonchev–Trinajstić information content (AvgIpc) is 2.44. The topological polar surface area (TPSA) is 17.1 Å². The molecule has 0 aliphatic heterocycles. The summed E-state index contributed by atoms with van der Waals surface area (Å²) in [5, 5.41) is 0.0960. The zero-order valence-corrected chi connectivity index (χ0v) is 12.0. The highest BCUT2D eigenvalue weighted by Crippen LogP contribution is 2.32. The van der Waals surface area contributed by atoms with Crippen LogP contribution in [0.3, 0.4) is 0 Å². The first-order valence-corrected chi connectivity index (χ1v) is 7.45. The van der Waals surface area contributed by atoms with Crippen LogP contribution >= 0.6 is 11.6 Å². The predicted octanol–water partition coefficient (Wildman–Crippen LogP) is 4.81. The van der Waals surface area contributed by atoms with Crippen LogP contribution in [0.4, 0.5) is 4.39 Å². The number of carbonyl (C=O) groups excluding carboxylic acids is 1. The Morgan fingerprint density at radius 1 is 1.42 bits per heavy atom. The highest BCUT2D eigenvalue weighted by molar-refractivity contribution is 6.31. The van der Waals surface area contributed by atoms with Gasteiger partial charge in [0.2, 0.25) is 0 Å². The number of hydrogen-bond acceptors (Lipinski definition) is 1. The SMILES string of the molecule is CCC1CCCC(C(=O)Cc2cccc(F)c2Cl)C1. The van der Waals surface area contributed by atoms with Crippen molar-refractivity contribution in [3.05, 3.63) is 34.6 Å². The van der Waals surface area contributed by atoms with Crippen LogP contribution in [0.5, 0.6) is 0 Å². The van der Waals surface area contributed by atoms with E-state index in [4.69, 9.17) is 11.6 Å². The van der Waals surface area contributed by atoms with E-state index in [0.29, 0.717) is 11.5 Å². The van der Waals surface area contributed by atoms with E-state index < -0.39 is 5.82 Å². The molecule has 1 aliphatic carbocycles. The normalized spacial score (nSPS) is 23.3. The van der Waals surface area contributed by atoms with Gasteiger partial charge in [-0.3, -0.25) is 4.79 Å². The highest BCUT2D eigenvalue weighted by Gasteiger charge is 2.26. The molecule has 104 valence electrons. The van der Waals surface area contributed by atoms with Crippen molar-refractivity contribution in [2.45, 2.75) is 45.4 Å². The smallest absolute Gasteiger partial charge is 0.142 e. The van der Waals surface area contributed by atoms with Crippen molar-refractivity contribution in [3.8, 4) is 0 Å². The van der Waals surface area contributed by atoms with Gasteiger partial charge in [0.05, 0.1) is 5.02 Å². The Morgan fingerprint density at radius 3 is 2.95 bits per heavy atom. The van der Waals surface area contributed by atoms with E-state index in [1.165, 1.54) is 12.5 Å². The quantitative estimate of drug-likeness (QED) is 0.775. The van der Waals surface area contributed by atoms with Crippen LogP contribution in [0, 0.1) is 17.7 Å². The van der Waals surface area contributed by atoms with Crippen molar-refractivity contribution in [1.82, 2.24) is 0 Å². The Bertz CT molecular complexity index is 458. The molecule has 2 rings (SSSR count). The summed E-state index contributed by atoms with van der Waals surface area (Å²) >= 11 is 5.90. The van der Waals surface area contributed by atoms with Gasteiger partial charge in [-0.15, -0.1) is 0 Å². The largest absolute Gasteiger partial charge is 0.299 e. The minimum Gasteiger partial charge on any atom is -0.299 e. The molecule has 19 heavy (non-hydrogen) atoms. The van der Waals surface area contributed by atoms with Crippen molar-refractivity contribution in [2.24, 2.45) is 11.8 Å². The number of rotatable bonds is 4. The zero-order valence-electron chi connectivity index (χ0n) is 11.3. The van der Waals surface area contributed by atoms with Crippen LogP contribution in [0.2, 0.25) is 5.02 Å². The Morgan fingerprint density at radius 2 is 2.21 bits per heavy atom. The van der Waals surface area contributed by atoms with Gasteiger partial charge in [-0.05, 0) is 30.4 Å². The van der Waals surface area contributed by atoms with E-state index in [9.17, 15) is 9.18 Å². The number of carbonyl (C=O) groups is 1. The lowest BCUT2D eigenvalue weighted by Crippen LogP contribution is -2.24. The molecule has 0 N–H and O–H groups in total. The third-order valence-corrected chi connectivity index (χ3v) is 4.64. The molecule has 0 heterocycles. The first-order chi connectivity index (χ1) is 9.11. The molecule has 1 fully saturated rings. The fourth-order valence-electron chi connectivity index (χ4n) is 2.97. The second kappa shape index (κ2) is 6.51. The maximum Gasteiger partial charge on any atom is 0.142 e. The highest BCUT2D eigenvalue weighted by atomic mass is 35.5. The number of ketones is 1. The van der Waals surface area contributed by atoms with E-state index in [0.717, 1.165) is 25.7 Å². The first kappa shape index (κ1) is 14.5. The molecule has 1 saturated carbocycles. The first-order valence-electron chi connectivity index (χ1n) is 7.07. The average molecular weight is 283 g/mol. The summed E-state index contributed by atoms with van der Waals surface area (Å²) in [5.41, 5.74) is 0.616. The molecular formula is C16H20ClFO. The van der Waals surface area contributed by atoms with Crippen molar-refractivity contribution < 1.29 is 9.18 Å². The summed E-state index contributed by atoms with van der Waals surface area (Å²) in [7, 11) is 0. The second-order valence-corrected chi connectivity index (χ2v) is 5.87. The minimum atomic E-state index is -0.443. The molecule has 1 aromatic carbocycles. The molecule has 2 unspecified atom stereocenters. The molecule has 0 spiro atoms. The lowest BCUT2D eigenvalue weighted by molar-refractivity contribution is -0.123. The summed E-state index contributed by atoms with van der Waals surface area (Å²) in [6, 6.07) is 4.67. The maximum atomic E-state index is 13.3. The predicted molar refractivity (Wildman–Crippen MR) is 75.9 cm³/mol. The molecule has 1 nitrogen and oxygen atoms in total. The Balaban J connectivity index is 2.02. The van der Waals surface area contributed by atoms with Gasteiger partial charge in [-0.2, -0.15) is 0 Å². The number of benzene rings is 1. The molecule has 0 radical (unpaired) electrons. The summed E-state index contributed by atoms with van der Waals surface area (Å²) in [4.78, 5) is 12.3. The van der Waals surface area contributed by atoms with Gasteiger partial charge in [0.25, 0.3) is 0 Å². The van der Waals surface area contributed by atoms with Crippen LogP contribution in [0.15, 0.2) is 18.2 Å². The van der Waals surface area contributed by atoms with Crippen LogP contribution in [-0.2, 0) is 11.2 Å². The molecule has 3 heteroatoms. The van der Waals surface area contributed by atoms with Gasteiger partial charge >= 0.3 is 0 Å². The van der Waals surface area contributed by atoms with Crippen LogP contribution in [-0.4, -0.2) is 5.78 Å². The monoisotopic (exact) mass is 282 g/mol. The van der Waals surface area contributed by atoms with Gasteiger partial charge in [0, 0.05) is 12.3 Å². The van der Waals surface area contributed by atoms with Gasteiger partial charge in [-0.25, -0.2) is 4.39 Å². The van der Waals surface area contributed by atoms with Crippen LogP contribution in [0.25, 0.3) is 0 Å². The van der Waals surface area contributed by atoms with Crippen molar-refractivity contribution in [1.29, 1.82) is 0 Å². The fourth-order valence-corrected chi connectivity index (χ4v) is 3.16. The second-order valence-electron chi connectivity index (χ2n) is 5.49. The fraction of sp³-hybridized carbons (Fsp3) is 0.562. The summed E-state index contributed by atoms with van der Waals surface area (Å²) in [6.45, 7) is 2.18. The molecule has 0 aromatic heterocycles. The molecule has 1 aliphatic rings. The summed E-state index contributed by atoms with van der Waals surface area (Å²) in [5.74, 6) is 0.580.